The molecule has 0 aliphatic heterocycles. The lowest BCUT2D eigenvalue weighted by Crippen LogP contribution is -2.27. The third kappa shape index (κ3) is 5.03. The molecule has 6 heteroatoms. The molecule has 1 amide bonds. The van der Waals surface area contributed by atoms with E-state index in [2.05, 4.69) is 16.1 Å². The van der Waals surface area contributed by atoms with Crippen molar-refractivity contribution in [2.45, 2.75) is 31.7 Å². The highest BCUT2D eigenvalue weighted by Gasteiger charge is 2.15. The van der Waals surface area contributed by atoms with Crippen molar-refractivity contribution >= 4 is 21.6 Å². The molecule has 0 saturated heterocycles. The predicted molar refractivity (Wildman–Crippen MR) is 115 cm³/mol. The molecule has 1 atom stereocenters. The number of hydrogen-bond acceptors (Lipinski definition) is 3. The van der Waals surface area contributed by atoms with Gasteiger partial charge in [-0.1, -0.05) is 42.0 Å². The third-order valence-corrected chi connectivity index (χ3v) is 6.10. The fraction of sp³-hybridized carbons (Fsp3) is 0.174. The predicted octanol–water partition coefficient (Wildman–Crippen LogP) is 4.60. The minimum atomic E-state index is -3.66. The number of benzene rings is 3. The maximum atomic E-state index is 12.6. The van der Waals surface area contributed by atoms with Crippen molar-refractivity contribution < 1.29 is 13.2 Å². The quantitative estimate of drug-likeness (QED) is 0.626. The molecule has 5 nitrogen and oxygen atoms in total. The molecule has 0 aliphatic rings. The number of carbonyl (C=O) groups is 1. The summed E-state index contributed by atoms with van der Waals surface area (Å²) in [6, 6.07) is 20.5. The summed E-state index contributed by atoms with van der Waals surface area (Å²) >= 11 is 0. The van der Waals surface area contributed by atoms with Crippen LogP contribution in [0, 0.1) is 13.8 Å². The molecule has 2 N–H and O–H groups in total. The lowest BCUT2D eigenvalue weighted by atomic mass is 9.99. The molecule has 0 fully saturated rings. The zero-order valence-electron chi connectivity index (χ0n) is 16.6. The van der Waals surface area contributed by atoms with Gasteiger partial charge in [0.15, 0.2) is 0 Å². The van der Waals surface area contributed by atoms with Crippen LogP contribution in [-0.2, 0) is 10.0 Å². The second-order valence-electron chi connectivity index (χ2n) is 7.05. The first-order valence-electron chi connectivity index (χ1n) is 9.32. The molecule has 0 aliphatic carbocycles. The first-order valence-corrected chi connectivity index (χ1v) is 10.8. The topological polar surface area (TPSA) is 75.3 Å². The van der Waals surface area contributed by atoms with E-state index >= 15 is 0 Å². The zero-order chi connectivity index (χ0) is 21.0. The van der Waals surface area contributed by atoms with Gasteiger partial charge in [0, 0.05) is 11.3 Å². The van der Waals surface area contributed by atoms with Crippen LogP contribution in [0.5, 0.6) is 0 Å². The van der Waals surface area contributed by atoms with Crippen LogP contribution in [-0.4, -0.2) is 14.3 Å². The van der Waals surface area contributed by atoms with E-state index < -0.39 is 10.0 Å². The minimum Gasteiger partial charge on any atom is -0.346 e. The Kier molecular flexibility index (Phi) is 6.03. The molecular weight excluding hydrogens is 384 g/mol. The second kappa shape index (κ2) is 8.49. The van der Waals surface area contributed by atoms with Crippen LogP contribution < -0.4 is 10.0 Å². The van der Waals surface area contributed by atoms with Gasteiger partial charge in [0.1, 0.15) is 0 Å². The lowest BCUT2D eigenvalue weighted by molar-refractivity contribution is 0.0940. The maximum absolute atomic E-state index is 12.6. The van der Waals surface area contributed by atoms with Crippen molar-refractivity contribution in [3.63, 3.8) is 0 Å². The summed E-state index contributed by atoms with van der Waals surface area (Å²) in [7, 11) is -3.66. The Balaban J connectivity index is 1.70. The molecule has 0 spiro atoms. The largest absolute Gasteiger partial charge is 0.346 e. The van der Waals surface area contributed by atoms with Gasteiger partial charge in [0.25, 0.3) is 15.9 Å². The van der Waals surface area contributed by atoms with E-state index in [0.717, 1.165) is 16.7 Å². The van der Waals surface area contributed by atoms with Crippen LogP contribution in [0.1, 0.15) is 40.0 Å². The summed E-state index contributed by atoms with van der Waals surface area (Å²) in [6.45, 7) is 5.99. The van der Waals surface area contributed by atoms with Gasteiger partial charge >= 0.3 is 0 Å². The van der Waals surface area contributed by atoms with E-state index in [9.17, 15) is 13.2 Å². The molecule has 29 heavy (non-hydrogen) atoms. The second-order valence-corrected chi connectivity index (χ2v) is 8.73. The molecule has 0 radical (unpaired) electrons. The fourth-order valence-corrected chi connectivity index (χ4v) is 4.17. The molecule has 0 heterocycles. The summed E-state index contributed by atoms with van der Waals surface area (Å²) in [5, 5.41) is 3.00. The van der Waals surface area contributed by atoms with Gasteiger partial charge in [-0.05, 0) is 68.3 Å². The number of rotatable bonds is 6. The van der Waals surface area contributed by atoms with Crippen molar-refractivity contribution in [3.8, 4) is 0 Å². The Labute approximate surface area is 171 Å². The number of anilines is 1. The fourth-order valence-electron chi connectivity index (χ4n) is 3.09. The number of hydrogen-bond donors (Lipinski definition) is 2. The van der Waals surface area contributed by atoms with Crippen LogP contribution in [0.15, 0.2) is 77.7 Å². The molecular formula is C23H24N2O3S. The van der Waals surface area contributed by atoms with E-state index in [1.807, 2.05) is 32.9 Å². The van der Waals surface area contributed by atoms with Crippen molar-refractivity contribution in [2.24, 2.45) is 0 Å². The Morgan fingerprint density at radius 1 is 0.897 bits per heavy atom. The smallest absolute Gasteiger partial charge is 0.261 e. The van der Waals surface area contributed by atoms with Gasteiger partial charge in [0.05, 0.1) is 10.9 Å². The Bertz CT molecular complexity index is 1110. The third-order valence-electron chi connectivity index (χ3n) is 4.70. The molecule has 1 unspecified atom stereocenters. The minimum absolute atomic E-state index is 0.140. The van der Waals surface area contributed by atoms with Crippen molar-refractivity contribution in [2.75, 3.05) is 4.72 Å². The summed E-state index contributed by atoms with van der Waals surface area (Å²) in [5.41, 5.74) is 4.19. The average molecular weight is 409 g/mol. The number of nitrogens with one attached hydrogen (secondary N) is 2. The molecule has 0 bridgehead atoms. The monoisotopic (exact) mass is 408 g/mol. The van der Waals surface area contributed by atoms with Crippen molar-refractivity contribution in [1.29, 1.82) is 0 Å². The molecule has 3 aromatic rings. The Hall–Kier alpha value is -3.12. The Morgan fingerprint density at radius 3 is 2.21 bits per heavy atom. The standard InChI is InChI=1S/C23H24N2O3S/c1-16-9-10-17(2)22(15-16)18(3)24-23(26)19-11-13-20(14-12-19)25-29(27,28)21-7-5-4-6-8-21/h4-15,18,25H,1-3H3,(H,24,26). The Morgan fingerprint density at radius 2 is 1.55 bits per heavy atom. The first-order chi connectivity index (χ1) is 13.8. The SMILES string of the molecule is Cc1ccc(C)c(C(C)NC(=O)c2ccc(NS(=O)(=O)c3ccccc3)cc2)c1. The van der Waals surface area contributed by atoms with Crippen molar-refractivity contribution in [3.05, 3.63) is 95.1 Å². The average Bonchev–Trinajstić information content (AvgIpc) is 2.70. The summed E-state index contributed by atoms with van der Waals surface area (Å²) in [4.78, 5) is 12.8. The molecule has 3 rings (SSSR count). The van der Waals surface area contributed by atoms with Gasteiger partial charge in [-0.2, -0.15) is 0 Å². The van der Waals surface area contributed by atoms with E-state index in [-0.39, 0.29) is 16.8 Å². The van der Waals surface area contributed by atoms with Crippen LogP contribution in [0.25, 0.3) is 0 Å². The van der Waals surface area contributed by atoms with Crippen LogP contribution in [0.4, 0.5) is 5.69 Å². The molecule has 3 aromatic carbocycles. The normalized spacial score (nSPS) is 12.2. The lowest BCUT2D eigenvalue weighted by Gasteiger charge is -2.17. The number of carbonyl (C=O) groups excluding carboxylic acids is 1. The van der Waals surface area contributed by atoms with Gasteiger partial charge in [-0.3, -0.25) is 9.52 Å². The van der Waals surface area contributed by atoms with E-state index in [1.54, 1.807) is 42.5 Å². The zero-order valence-corrected chi connectivity index (χ0v) is 17.5. The number of sulfonamides is 1. The molecule has 150 valence electrons. The number of amides is 1. The van der Waals surface area contributed by atoms with Gasteiger partial charge in [0.2, 0.25) is 0 Å². The van der Waals surface area contributed by atoms with Gasteiger partial charge in [-0.15, -0.1) is 0 Å². The molecule has 0 aromatic heterocycles. The first kappa shape index (κ1) is 20.6. The highest BCUT2D eigenvalue weighted by molar-refractivity contribution is 7.92. The van der Waals surface area contributed by atoms with Crippen molar-refractivity contribution in [1.82, 2.24) is 5.32 Å². The highest BCUT2D eigenvalue weighted by atomic mass is 32.2. The molecule has 0 saturated carbocycles. The highest BCUT2D eigenvalue weighted by Crippen LogP contribution is 2.20. The summed E-state index contributed by atoms with van der Waals surface area (Å²) in [6.07, 6.45) is 0. The maximum Gasteiger partial charge on any atom is 0.261 e. The van der Waals surface area contributed by atoms with Gasteiger partial charge < -0.3 is 5.32 Å². The summed E-state index contributed by atoms with van der Waals surface area (Å²) < 4.78 is 27.3. The van der Waals surface area contributed by atoms with Crippen LogP contribution in [0.2, 0.25) is 0 Å². The van der Waals surface area contributed by atoms with E-state index in [1.165, 1.54) is 12.1 Å². The van der Waals surface area contributed by atoms with Crippen LogP contribution >= 0.6 is 0 Å². The van der Waals surface area contributed by atoms with E-state index in [4.69, 9.17) is 0 Å². The number of aryl methyl sites for hydroxylation is 2. The van der Waals surface area contributed by atoms with Crippen LogP contribution in [0.3, 0.4) is 0 Å². The van der Waals surface area contributed by atoms with E-state index in [0.29, 0.717) is 11.3 Å². The summed E-state index contributed by atoms with van der Waals surface area (Å²) in [5.74, 6) is -0.212. The van der Waals surface area contributed by atoms with Gasteiger partial charge in [-0.25, -0.2) is 8.42 Å².